The minimum atomic E-state index is 0.590. The molecule has 3 unspecified atom stereocenters. The number of nitrogens with zero attached hydrogens (tertiary/aromatic N) is 1. The molecule has 3 atom stereocenters. The van der Waals surface area contributed by atoms with Gasteiger partial charge < -0.3 is 10.2 Å². The molecular weight excluding hydrogens is 316 g/mol. The fourth-order valence-electron chi connectivity index (χ4n) is 5.00. The topological polar surface area (TPSA) is 15.3 Å². The number of hydrogen-bond acceptors (Lipinski definition) is 2. The first-order valence-electron chi connectivity index (χ1n) is 10.3. The van der Waals surface area contributed by atoms with Gasteiger partial charge in [-0.1, -0.05) is 56.3 Å². The number of anilines is 1. The van der Waals surface area contributed by atoms with Crippen LogP contribution < -0.4 is 10.2 Å². The molecule has 1 N–H and O–H groups in total. The normalized spacial score (nSPS) is 25.8. The Kier molecular flexibility index (Phi) is 5.31. The zero-order chi connectivity index (χ0) is 17.9. The van der Waals surface area contributed by atoms with E-state index in [9.17, 15) is 0 Å². The zero-order valence-corrected chi connectivity index (χ0v) is 16.2. The van der Waals surface area contributed by atoms with Gasteiger partial charge in [-0.15, -0.1) is 0 Å². The summed E-state index contributed by atoms with van der Waals surface area (Å²) in [5, 5.41) is 3.81. The Labute approximate surface area is 158 Å². The minimum Gasteiger partial charge on any atom is -0.368 e. The summed E-state index contributed by atoms with van der Waals surface area (Å²) in [5.41, 5.74) is 4.45. The van der Waals surface area contributed by atoms with Gasteiger partial charge in [-0.05, 0) is 67.3 Å². The van der Waals surface area contributed by atoms with Crippen LogP contribution in [0.25, 0.3) is 0 Å². The van der Waals surface area contributed by atoms with Gasteiger partial charge >= 0.3 is 0 Å². The van der Waals surface area contributed by atoms with Gasteiger partial charge in [0.15, 0.2) is 0 Å². The Balaban J connectivity index is 1.48. The van der Waals surface area contributed by atoms with Crippen molar-refractivity contribution >= 4 is 5.69 Å². The lowest BCUT2D eigenvalue weighted by atomic mass is 9.85. The lowest BCUT2D eigenvalue weighted by Crippen LogP contribution is -2.46. The maximum atomic E-state index is 3.81. The molecule has 0 radical (unpaired) electrons. The molecule has 0 amide bonds. The van der Waals surface area contributed by atoms with Crippen LogP contribution in [0.5, 0.6) is 0 Å². The molecular formula is C24H32N2. The fourth-order valence-corrected chi connectivity index (χ4v) is 5.00. The van der Waals surface area contributed by atoms with Gasteiger partial charge in [0.1, 0.15) is 0 Å². The number of nitrogens with one attached hydrogen (secondary N) is 1. The second-order valence-corrected chi connectivity index (χ2v) is 8.48. The highest BCUT2D eigenvalue weighted by Crippen LogP contribution is 2.30. The van der Waals surface area contributed by atoms with Gasteiger partial charge in [0, 0.05) is 24.3 Å². The first-order valence-corrected chi connectivity index (χ1v) is 10.3. The van der Waals surface area contributed by atoms with Crippen molar-refractivity contribution in [3.05, 3.63) is 65.7 Å². The third-order valence-electron chi connectivity index (χ3n) is 6.43. The molecule has 4 rings (SSSR count). The lowest BCUT2D eigenvalue weighted by molar-refractivity contribution is 0.234. The van der Waals surface area contributed by atoms with Crippen LogP contribution in [0.2, 0.25) is 0 Å². The first kappa shape index (κ1) is 17.6. The van der Waals surface area contributed by atoms with Crippen LogP contribution >= 0.6 is 0 Å². The molecule has 0 saturated carbocycles. The molecule has 2 heteroatoms. The largest absolute Gasteiger partial charge is 0.368 e. The molecule has 0 spiro atoms. The molecule has 2 aromatic carbocycles. The Bertz CT molecular complexity index is 686. The van der Waals surface area contributed by atoms with Crippen LogP contribution in [0.15, 0.2) is 54.6 Å². The second kappa shape index (κ2) is 7.84. The number of piperidine rings is 1. The molecule has 2 aromatic rings. The SMILES string of the molecule is CC1CNC(CCN(c2ccccc2)C2Cc3ccccc3C2)C(C)C1. The third kappa shape index (κ3) is 3.81. The van der Waals surface area contributed by atoms with Crippen molar-refractivity contribution in [2.75, 3.05) is 18.0 Å². The summed E-state index contributed by atoms with van der Waals surface area (Å²) in [5.74, 6) is 1.59. The van der Waals surface area contributed by atoms with E-state index >= 15 is 0 Å². The van der Waals surface area contributed by atoms with E-state index in [1.807, 2.05) is 0 Å². The van der Waals surface area contributed by atoms with Crippen molar-refractivity contribution in [3.63, 3.8) is 0 Å². The Morgan fingerprint density at radius 3 is 2.23 bits per heavy atom. The van der Waals surface area contributed by atoms with Crippen LogP contribution in [0, 0.1) is 11.8 Å². The molecule has 1 fully saturated rings. The number of fused-ring (bicyclic) bond motifs is 1. The number of rotatable bonds is 5. The molecule has 2 aliphatic rings. The van der Waals surface area contributed by atoms with E-state index in [4.69, 9.17) is 0 Å². The van der Waals surface area contributed by atoms with E-state index in [0.29, 0.717) is 12.1 Å². The number of hydrogen-bond donors (Lipinski definition) is 1. The third-order valence-corrected chi connectivity index (χ3v) is 6.43. The van der Waals surface area contributed by atoms with Crippen molar-refractivity contribution in [3.8, 4) is 0 Å². The zero-order valence-electron chi connectivity index (χ0n) is 16.2. The van der Waals surface area contributed by atoms with Crippen molar-refractivity contribution in [2.24, 2.45) is 11.8 Å². The highest BCUT2D eigenvalue weighted by atomic mass is 15.2. The smallest absolute Gasteiger partial charge is 0.0370 e. The maximum absolute atomic E-state index is 3.81. The summed E-state index contributed by atoms with van der Waals surface area (Å²) in [6, 6.07) is 21.3. The van der Waals surface area contributed by atoms with E-state index in [1.165, 1.54) is 49.0 Å². The molecule has 1 aliphatic heterocycles. The first-order chi connectivity index (χ1) is 12.7. The van der Waals surface area contributed by atoms with E-state index in [2.05, 4.69) is 78.7 Å². The van der Waals surface area contributed by atoms with Crippen molar-refractivity contribution in [2.45, 2.75) is 51.6 Å². The van der Waals surface area contributed by atoms with Gasteiger partial charge in [0.25, 0.3) is 0 Å². The second-order valence-electron chi connectivity index (χ2n) is 8.48. The van der Waals surface area contributed by atoms with Crippen molar-refractivity contribution < 1.29 is 0 Å². The predicted octanol–water partition coefficient (Wildman–Crippen LogP) is 4.68. The van der Waals surface area contributed by atoms with E-state index in [-0.39, 0.29) is 0 Å². The Morgan fingerprint density at radius 2 is 1.58 bits per heavy atom. The summed E-state index contributed by atoms with van der Waals surface area (Å²) in [4.78, 5) is 2.67. The molecule has 1 aliphatic carbocycles. The average molecular weight is 349 g/mol. The average Bonchev–Trinajstić information content (AvgIpc) is 3.08. The van der Waals surface area contributed by atoms with E-state index < -0.39 is 0 Å². The standard InChI is InChI=1S/C24H32N2/c1-18-14-19(2)24(25-17-18)12-13-26(22-10-4-3-5-11-22)23-15-20-8-6-7-9-21(20)16-23/h3-11,18-19,23-25H,12-17H2,1-2H3. The van der Waals surface area contributed by atoms with Crippen LogP contribution in [-0.4, -0.2) is 25.2 Å². The van der Waals surface area contributed by atoms with Gasteiger partial charge in [-0.25, -0.2) is 0 Å². The van der Waals surface area contributed by atoms with E-state index in [0.717, 1.165) is 18.4 Å². The molecule has 26 heavy (non-hydrogen) atoms. The lowest BCUT2D eigenvalue weighted by Gasteiger charge is -2.37. The van der Waals surface area contributed by atoms with Gasteiger partial charge in [-0.2, -0.15) is 0 Å². The Hall–Kier alpha value is -1.80. The highest BCUT2D eigenvalue weighted by Gasteiger charge is 2.29. The molecule has 1 heterocycles. The van der Waals surface area contributed by atoms with Gasteiger partial charge in [0.05, 0.1) is 0 Å². The monoisotopic (exact) mass is 348 g/mol. The molecule has 0 bridgehead atoms. The van der Waals surface area contributed by atoms with Crippen LogP contribution in [0.4, 0.5) is 5.69 Å². The number of para-hydroxylation sites is 1. The highest BCUT2D eigenvalue weighted by molar-refractivity contribution is 5.49. The molecule has 0 aromatic heterocycles. The van der Waals surface area contributed by atoms with Crippen molar-refractivity contribution in [1.82, 2.24) is 5.32 Å². The summed E-state index contributed by atoms with van der Waals surface area (Å²) in [6.45, 7) is 7.10. The van der Waals surface area contributed by atoms with Crippen LogP contribution in [0.1, 0.15) is 37.8 Å². The number of benzene rings is 2. The van der Waals surface area contributed by atoms with Crippen LogP contribution in [0.3, 0.4) is 0 Å². The van der Waals surface area contributed by atoms with E-state index in [1.54, 1.807) is 0 Å². The molecule has 2 nitrogen and oxygen atoms in total. The minimum absolute atomic E-state index is 0.590. The van der Waals surface area contributed by atoms with Crippen molar-refractivity contribution in [1.29, 1.82) is 0 Å². The summed E-state index contributed by atoms with van der Waals surface area (Å²) in [7, 11) is 0. The maximum Gasteiger partial charge on any atom is 0.0370 e. The Morgan fingerprint density at radius 1 is 0.923 bits per heavy atom. The summed E-state index contributed by atoms with van der Waals surface area (Å²) in [6.07, 6.45) is 4.94. The van der Waals surface area contributed by atoms with Gasteiger partial charge in [0.2, 0.25) is 0 Å². The quantitative estimate of drug-likeness (QED) is 0.844. The van der Waals surface area contributed by atoms with Crippen LogP contribution in [-0.2, 0) is 12.8 Å². The molecule has 1 saturated heterocycles. The summed E-state index contributed by atoms with van der Waals surface area (Å²) < 4.78 is 0. The summed E-state index contributed by atoms with van der Waals surface area (Å²) >= 11 is 0. The molecule has 138 valence electrons. The predicted molar refractivity (Wildman–Crippen MR) is 111 cm³/mol. The fraction of sp³-hybridized carbons (Fsp3) is 0.500. The van der Waals surface area contributed by atoms with Gasteiger partial charge in [-0.3, -0.25) is 0 Å².